The van der Waals surface area contributed by atoms with Crippen LogP contribution in [0.2, 0.25) is 0 Å². The van der Waals surface area contributed by atoms with Crippen molar-refractivity contribution in [1.29, 1.82) is 0 Å². The van der Waals surface area contributed by atoms with Crippen LogP contribution >= 0.6 is 0 Å². The molecule has 1 aromatic carbocycles. The summed E-state index contributed by atoms with van der Waals surface area (Å²) >= 11 is 0. The molecule has 0 unspecified atom stereocenters. The van der Waals surface area contributed by atoms with E-state index in [1.165, 1.54) is 40.5 Å². The van der Waals surface area contributed by atoms with Gasteiger partial charge in [0.25, 0.3) is 0 Å². The third-order valence-electron chi connectivity index (χ3n) is 7.03. The normalized spacial score (nSPS) is 19.0. The van der Waals surface area contributed by atoms with E-state index in [1.54, 1.807) is 0 Å². The van der Waals surface area contributed by atoms with Crippen molar-refractivity contribution in [2.75, 3.05) is 11.4 Å². The van der Waals surface area contributed by atoms with Gasteiger partial charge in [0.2, 0.25) is 0 Å². The van der Waals surface area contributed by atoms with Crippen molar-refractivity contribution in [1.82, 2.24) is 9.97 Å². The van der Waals surface area contributed by atoms with E-state index < -0.39 is 0 Å². The van der Waals surface area contributed by atoms with Crippen LogP contribution in [0.5, 0.6) is 0 Å². The first kappa shape index (κ1) is 17.8. The molecule has 0 bridgehead atoms. The van der Waals surface area contributed by atoms with E-state index in [0.29, 0.717) is 0 Å². The molecule has 4 nitrogen and oxygen atoms in total. The molecule has 0 spiro atoms. The number of nitrogens with zero attached hydrogens (tertiary/aromatic N) is 4. The Morgan fingerprint density at radius 2 is 1.83 bits per heavy atom. The quantitative estimate of drug-likeness (QED) is 0.579. The number of para-hydroxylation sites is 1. The molecule has 4 heterocycles. The van der Waals surface area contributed by atoms with Crippen LogP contribution in [0, 0.1) is 6.92 Å². The smallest absolute Gasteiger partial charge is 0.0851 e. The molecule has 150 valence electrons. The van der Waals surface area contributed by atoms with Crippen molar-refractivity contribution in [3.05, 3.63) is 77.4 Å². The molecule has 6 rings (SSSR count). The number of aromatic nitrogens is 2. The number of aliphatic imine (C=N–C) groups is 1. The number of hydrogen-bond donors (Lipinski definition) is 0. The fourth-order valence-electron chi connectivity index (χ4n) is 5.25. The highest BCUT2D eigenvalue weighted by Gasteiger charge is 2.46. The Morgan fingerprint density at radius 3 is 2.63 bits per heavy atom. The summed E-state index contributed by atoms with van der Waals surface area (Å²) in [6.07, 6.45) is 8.55. The monoisotopic (exact) mass is 394 g/mol. The van der Waals surface area contributed by atoms with E-state index in [9.17, 15) is 0 Å². The SMILES string of the molecule is Cc1cnc2c(c1)N=C(C1(c3ccc4c(n3)CCCN4c3ccccc3)CCC1)C2. The molecule has 0 saturated heterocycles. The van der Waals surface area contributed by atoms with Crippen LogP contribution in [0.4, 0.5) is 17.1 Å². The molecule has 0 atom stereocenters. The van der Waals surface area contributed by atoms with Crippen LogP contribution in [0.15, 0.2) is 59.7 Å². The summed E-state index contributed by atoms with van der Waals surface area (Å²) < 4.78 is 0. The minimum Gasteiger partial charge on any atom is -0.340 e. The van der Waals surface area contributed by atoms with Gasteiger partial charge in [0, 0.05) is 30.6 Å². The summed E-state index contributed by atoms with van der Waals surface area (Å²) in [5, 5.41) is 0. The fourth-order valence-corrected chi connectivity index (χ4v) is 5.25. The van der Waals surface area contributed by atoms with Crippen molar-refractivity contribution in [3.63, 3.8) is 0 Å². The molecule has 2 aliphatic heterocycles. The van der Waals surface area contributed by atoms with Crippen molar-refractivity contribution >= 4 is 22.8 Å². The van der Waals surface area contributed by atoms with Gasteiger partial charge in [-0.25, -0.2) is 0 Å². The first-order valence-corrected chi connectivity index (χ1v) is 11.1. The maximum absolute atomic E-state index is 5.27. The Labute approximate surface area is 177 Å². The second-order valence-electron chi connectivity index (χ2n) is 8.90. The van der Waals surface area contributed by atoms with Gasteiger partial charge in [-0.1, -0.05) is 24.6 Å². The molecule has 3 aliphatic rings. The number of rotatable bonds is 3. The summed E-state index contributed by atoms with van der Waals surface area (Å²) in [6.45, 7) is 3.14. The minimum absolute atomic E-state index is 0.00133. The first-order chi connectivity index (χ1) is 14.7. The number of anilines is 2. The first-order valence-electron chi connectivity index (χ1n) is 11.1. The van der Waals surface area contributed by atoms with Crippen LogP contribution < -0.4 is 4.90 Å². The zero-order chi connectivity index (χ0) is 20.1. The molecule has 30 heavy (non-hydrogen) atoms. The number of aryl methyl sites for hydroxylation is 2. The topological polar surface area (TPSA) is 41.4 Å². The van der Waals surface area contributed by atoms with Gasteiger partial charge in [-0.2, -0.15) is 0 Å². The van der Waals surface area contributed by atoms with Gasteiger partial charge < -0.3 is 4.90 Å². The van der Waals surface area contributed by atoms with Gasteiger partial charge in [0.15, 0.2) is 0 Å². The van der Waals surface area contributed by atoms with Crippen LogP contribution in [-0.2, 0) is 18.3 Å². The lowest BCUT2D eigenvalue weighted by Crippen LogP contribution is -2.43. The zero-order valence-electron chi connectivity index (χ0n) is 17.4. The van der Waals surface area contributed by atoms with Crippen molar-refractivity contribution in [3.8, 4) is 0 Å². The van der Waals surface area contributed by atoms with Crippen molar-refractivity contribution < 1.29 is 0 Å². The molecule has 0 amide bonds. The average molecular weight is 395 g/mol. The average Bonchev–Trinajstić information content (AvgIpc) is 3.16. The Balaban J connectivity index is 1.38. The van der Waals surface area contributed by atoms with E-state index in [4.69, 9.17) is 9.98 Å². The molecule has 1 saturated carbocycles. The van der Waals surface area contributed by atoms with Crippen LogP contribution in [0.3, 0.4) is 0 Å². The number of fused-ring (bicyclic) bond motifs is 2. The zero-order valence-corrected chi connectivity index (χ0v) is 17.4. The van der Waals surface area contributed by atoms with Gasteiger partial charge in [0.05, 0.1) is 33.9 Å². The minimum atomic E-state index is -0.00133. The molecule has 3 aromatic rings. The molecular weight excluding hydrogens is 368 g/mol. The highest BCUT2D eigenvalue weighted by atomic mass is 15.2. The third-order valence-corrected chi connectivity index (χ3v) is 7.03. The second-order valence-corrected chi connectivity index (χ2v) is 8.90. The van der Waals surface area contributed by atoms with Gasteiger partial charge in [0.1, 0.15) is 0 Å². The van der Waals surface area contributed by atoms with E-state index in [1.807, 2.05) is 6.20 Å². The highest BCUT2D eigenvalue weighted by molar-refractivity contribution is 6.01. The largest absolute Gasteiger partial charge is 0.340 e. The molecular formula is C26H26N4. The Bertz CT molecular complexity index is 1140. The molecule has 1 aliphatic carbocycles. The van der Waals surface area contributed by atoms with Crippen LogP contribution in [-0.4, -0.2) is 22.2 Å². The predicted molar refractivity (Wildman–Crippen MR) is 121 cm³/mol. The lowest BCUT2D eigenvalue weighted by atomic mass is 9.62. The number of pyridine rings is 2. The van der Waals surface area contributed by atoms with Crippen LogP contribution in [0.1, 0.15) is 48.3 Å². The number of benzene rings is 1. The standard InChI is InChI=1S/C26H26N4/c1-18-15-22-21(27-17-18)16-25(29-22)26(12-6-13-26)24-11-10-23-20(28-24)9-5-14-30(23)19-7-3-2-4-8-19/h2-4,7-8,10-11,15,17H,5-6,9,12-14,16H2,1H3. The fraction of sp³-hybridized carbons (Fsp3) is 0.346. The van der Waals surface area contributed by atoms with Crippen molar-refractivity contribution in [2.24, 2.45) is 4.99 Å². The molecule has 4 heteroatoms. The summed E-state index contributed by atoms with van der Waals surface area (Å²) in [5.41, 5.74) is 9.59. The van der Waals surface area contributed by atoms with Crippen LogP contribution in [0.25, 0.3) is 0 Å². The van der Waals surface area contributed by atoms with Gasteiger partial charge in [-0.3, -0.25) is 15.0 Å². The lowest BCUT2D eigenvalue weighted by molar-refractivity contribution is 0.329. The van der Waals surface area contributed by atoms with Gasteiger partial charge in [-0.05, 0) is 68.5 Å². The third kappa shape index (κ3) is 2.70. The predicted octanol–water partition coefficient (Wildman–Crippen LogP) is 5.62. The van der Waals surface area contributed by atoms with Gasteiger partial charge >= 0.3 is 0 Å². The maximum atomic E-state index is 5.27. The Kier molecular flexibility index (Phi) is 4.02. The Hall–Kier alpha value is -3.01. The molecule has 2 aromatic heterocycles. The van der Waals surface area contributed by atoms with E-state index in [-0.39, 0.29) is 5.41 Å². The van der Waals surface area contributed by atoms with E-state index >= 15 is 0 Å². The summed E-state index contributed by atoms with van der Waals surface area (Å²) in [4.78, 5) is 17.4. The van der Waals surface area contributed by atoms with Gasteiger partial charge in [-0.15, -0.1) is 0 Å². The summed E-state index contributed by atoms with van der Waals surface area (Å²) in [5.74, 6) is 0. The molecule has 0 radical (unpaired) electrons. The molecule has 1 fully saturated rings. The lowest BCUT2D eigenvalue weighted by Gasteiger charge is -2.42. The van der Waals surface area contributed by atoms with E-state index in [0.717, 1.165) is 50.0 Å². The summed E-state index contributed by atoms with van der Waals surface area (Å²) in [6, 6.07) is 17.4. The molecule has 0 N–H and O–H groups in total. The maximum Gasteiger partial charge on any atom is 0.0851 e. The Morgan fingerprint density at radius 1 is 0.967 bits per heavy atom. The highest BCUT2D eigenvalue weighted by Crippen LogP contribution is 2.48. The second kappa shape index (κ2) is 6.76. The van der Waals surface area contributed by atoms with Crippen molar-refractivity contribution in [2.45, 2.75) is 50.9 Å². The summed E-state index contributed by atoms with van der Waals surface area (Å²) in [7, 11) is 0. The number of hydrogen-bond acceptors (Lipinski definition) is 4. The van der Waals surface area contributed by atoms with E-state index in [2.05, 4.69) is 65.3 Å².